The summed E-state index contributed by atoms with van der Waals surface area (Å²) in [7, 11) is 1.32. The number of esters is 1. The van der Waals surface area contributed by atoms with E-state index in [0.29, 0.717) is 16.5 Å². The molecule has 0 aliphatic rings. The van der Waals surface area contributed by atoms with Gasteiger partial charge in [-0.1, -0.05) is 22.0 Å². The third kappa shape index (κ3) is 3.30. The number of benzene rings is 1. The van der Waals surface area contributed by atoms with Crippen molar-refractivity contribution in [2.24, 2.45) is 0 Å². The molecule has 0 aliphatic carbocycles. The van der Waals surface area contributed by atoms with Gasteiger partial charge in [-0.15, -0.1) is 11.6 Å². The molecule has 0 heterocycles. The highest BCUT2D eigenvalue weighted by molar-refractivity contribution is 9.08. The zero-order valence-corrected chi connectivity index (χ0v) is 11.8. The summed E-state index contributed by atoms with van der Waals surface area (Å²) in [4.78, 5) is 22.6. The summed E-state index contributed by atoms with van der Waals surface area (Å²) in [5.74, 6) is -0.535. The second-order valence-corrected chi connectivity index (χ2v) is 4.51. The number of methoxy groups -OCH3 is 1. The summed E-state index contributed by atoms with van der Waals surface area (Å²) in [6.45, 7) is 1.43. The van der Waals surface area contributed by atoms with Crippen molar-refractivity contribution in [3.05, 3.63) is 34.9 Å². The molecule has 0 saturated heterocycles. The molecule has 0 radical (unpaired) electrons. The van der Waals surface area contributed by atoms with Crippen molar-refractivity contribution >= 4 is 39.3 Å². The Balaban J connectivity index is 3.18. The maximum Gasteiger partial charge on any atom is 0.337 e. The number of hydrogen-bond acceptors (Lipinski definition) is 3. The van der Waals surface area contributed by atoms with Crippen LogP contribution >= 0.6 is 27.5 Å². The first-order valence-corrected chi connectivity index (χ1v) is 6.48. The third-order valence-electron chi connectivity index (χ3n) is 2.34. The molecule has 5 heteroatoms. The van der Waals surface area contributed by atoms with Crippen LogP contribution in [0.3, 0.4) is 0 Å². The Kier molecular flexibility index (Phi) is 5.15. The lowest BCUT2D eigenvalue weighted by atomic mass is 10.0. The summed E-state index contributed by atoms with van der Waals surface area (Å²) < 4.78 is 4.63. The van der Waals surface area contributed by atoms with Gasteiger partial charge in [0.1, 0.15) is 5.38 Å². The molecule has 92 valence electrons. The molecule has 1 atom stereocenters. The van der Waals surface area contributed by atoms with Gasteiger partial charge in [-0.3, -0.25) is 4.79 Å². The van der Waals surface area contributed by atoms with E-state index in [-0.39, 0.29) is 5.78 Å². The lowest BCUT2D eigenvalue weighted by Crippen LogP contribution is -2.07. The molecule has 0 N–H and O–H groups in total. The van der Waals surface area contributed by atoms with Gasteiger partial charge in [0.2, 0.25) is 0 Å². The van der Waals surface area contributed by atoms with Gasteiger partial charge < -0.3 is 4.74 Å². The zero-order valence-electron chi connectivity index (χ0n) is 9.50. The molecule has 0 amide bonds. The lowest BCUT2D eigenvalue weighted by Gasteiger charge is -2.12. The predicted molar refractivity (Wildman–Crippen MR) is 69.7 cm³/mol. The summed E-state index contributed by atoms with van der Waals surface area (Å²) in [6.07, 6.45) is 0. The van der Waals surface area contributed by atoms with Crippen LogP contribution in [-0.2, 0) is 14.9 Å². The van der Waals surface area contributed by atoms with E-state index in [9.17, 15) is 9.59 Å². The van der Waals surface area contributed by atoms with Crippen LogP contribution < -0.4 is 0 Å². The van der Waals surface area contributed by atoms with Crippen molar-refractivity contribution < 1.29 is 14.3 Å². The van der Waals surface area contributed by atoms with Crippen molar-refractivity contribution in [2.45, 2.75) is 17.6 Å². The Labute approximate surface area is 113 Å². The Bertz CT molecular complexity index is 445. The number of carbonyl (C=O) groups excluding carboxylic acids is 2. The van der Waals surface area contributed by atoms with Crippen LogP contribution in [0.15, 0.2) is 18.2 Å². The molecule has 0 aliphatic heterocycles. The molecule has 0 saturated carbocycles. The standard InChI is InChI=1S/C12H12BrClO3/c1-7(15)11(14)10-4-3-8(12(16)17-2)5-9(10)6-13/h3-5,11H,6H2,1-2H3. The monoisotopic (exact) mass is 318 g/mol. The van der Waals surface area contributed by atoms with Crippen molar-refractivity contribution in [1.82, 2.24) is 0 Å². The molecule has 0 bridgehead atoms. The lowest BCUT2D eigenvalue weighted by molar-refractivity contribution is -0.116. The number of rotatable bonds is 4. The van der Waals surface area contributed by atoms with E-state index in [1.807, 2.05) is 0 Å². The summed E-state index contributed by atoms with van der Waals surface area (Å²) in [6, 6.07) is 4.96. The quantitative estimate of drug-likeness (QED) is 0.632. The van der Waals surface area contributed by atoms with Gasteiger partial charge >= 0.3 is 5.97 Å². The number of alkyl halides is 2. The number of hydrogen-bond donors (Lipinski definition) is 0. The highest BCUT2D eigenvalue weighted by Crippen LogP contribution is 2.27. The second-order valence-electron chi connectivity index (χ2n) is 3.51. The van der Waals surface area contributed by atoms with Gasteiger partial charge in [0.05, 0.1) is 12.7 Å². The minimum Gasteiger partial charge on any atom is -0.465 e. The maximum absolute atomic E-state index is 11.4. The van der Waals surface area contributed by atoms with E-state index in [1.165, 1.54) is 14.0 Å². The number of carbonyl (C=O) groups is 2. The average Bonchev–Trinajstić information content (AvgIpc) is 2.35. The van der Waals surface area contributed by atoms with Crippen LogP contribution in [0.4, 0.5) is 0 Å². The van der Waals surface area contributed by atoms with Crippen molar-refractivity contribution in [3.8, 4) is 0 Å². The van der Waals surface area contributed by atoms with Gasteiger partial charge in [-0.25, -0.2) is 4.79 Å². The molecule has 3 nitrogen and oxygen atoms in total. The molecular weight excluding hydrogens is 307 g/mol. The smallest absolute Gasteiger partial charge is 0.337 e. The number of halogens is 2. The van der Waals surface area contributed by atoms with Gasteiger partial charge in [-0.2, -0.15) is 0 Å². The molecule has 1 unspecified atom stereocenters. The first-order chi connectivity index (χ1) is 8.01. The molecule has 1 aromatic carbocycles. The number of Topliss-reactive ketones (excluding diaryl/α,β-unsaturated/α-hetero) is 1. The van der Waals surface area contributed by atoms with Gasteiger partial charge in [0, 0.05) is 5.33 Å². The van der Waals surface area contributed by atoms with E-state index in [0.717, 1.165) is 5.56 Å². The fraction of sp³-hybridized carbons (Fsp3) is 0.333. The fourth-order valence-corrected chi connectivity index (χ4v) is 2.13. The van der Waals surface area contributed by atoms with Crippen molar-refractivity contribution in [1.29, 1.82) is 0 Å². The van der Waals surface area contributed by atoms with E-state index in [1.54, 1.807) is 18.2 Å². The van der Waals surface area contributed by atoms with Crippen molar-refractivity contribution in [3.63, 3.8) is 0 Å². The van der Waals surface area contributed by atoms with Crippen LogP contribution in [0.2, 0.25) is 0 Å². The molecular formula is C12H12BrClO3. The normalized spacial score (nSPS) is 12.0. The Morgan fingerprint density at radius 3 is 2.59 bits per heavy atom. The minimum atomic E-state index is -0.686. The third-order valence-corrected chi connectivity index (χ3v) is 3.48. The van der Waals surface area contributed by atoms with Crippen LogP contribution in [0.1, 0.15) is 33.8 Å². The Hall–Kier alpha value is -0.870. The van der Waals surface area contributed by atoms with Crippen LogP contribution in [0, 0.1) is 0 Å². The van der Waals surface area contributed by atoms with E-state index in [4.69, 9.17) is 11.6 Å². The second kappa shape index (κ2) is 6.17. The van der Waals surface area contributed by atoms with Crippen molar-refractivity contribution in [2.75, 3.05) is 7.11 Å². The molecule has 0 aromatic heterocycles. The SMILES string of the molecule is COC(=O)c1ccc(C(Cl)C(C)=O)c(CBr)c1. The average molecular weight is 320 g/mol. The van der Waals surface area contributed by atoms with Gasteiger partial charge in [-0.05, 0) is 30.2 Å². The van der Waals surface area contributed by atoms with Gasteiger partial charge in [0.25, 0.3) is 0 Å². The Morgan fingerprint density at radius 2 is 2.12 bits per heavy atom. The highest BCUT2D eigenvalue weighted by Gasteiger charge is 2.18. The summed E-state index contributed by atoms with van der Waals surface area (Å²) in [5.41, 5.74) is 1.96. The molecule has 0 fully saturated rings. The Morgan fingerprint density at radius 1 is 1.47 bits per heavy atom. The maximum atomic E-state index is 11.4. The molecule has 17 heavy (non-hydrogen) atoms. The van der Waals surface area contributed by atoms with E-state index < -0.39 is 11.3 Å². The first kappa shape index (κ1) is 14.2. The zero-order chi connectivity index (χ0) is 13.0. The van der Waals surface area contributed by atoms with Gasteiger partial charge in [0.15, 0.2) is 5.78 Å². The molecule has 1 rings (SSSR count). The summed E-state index contributed by atoms with van der Waals surface area (Å²) in [5, 5.41) is -0.168. The van der Waals surface area contributed by atoms with Crippen LogP contribution in [0.25, 0.3) is 0 Å². The highest BCUT2D eigenvalue weighted by atomic mass is 79.9. The summed E-state index contributed by atoms with van der Waals surface area (Å²) >= 11 is 9.31. The number of ether oxygens (including phenoxy) is 1. The first-order valence-electron chi connectivity index (χ1n) is 4.93. The van der Waals surface area contributed by atoms with Crippen LogP contribution in [-0.4, -0.2) is 18.9 Å². The van der Waals surface area contributed by atoms with Crippen LogP contribution in [0.5, 0.6) is 0 Å². The predicted octanol–water partition coefficient (Wildman–Crippen LogP) is 3.24. The largest absolute Gasteiger partial charge is 0.465 e. The fourth-order valence-electron chi connectivity index (χ4n) is 1.43. The molecule has 1 aromatic rings. The molecule has 0 spiro atoms. The number of ketones is 1. The van der Waals surface area contributed by atoms with E-state index in [2.05, 4.69) is 20.7 Å². The minimum absolute atomic E-state index is 0.125. The topological polar surface area (TPSA) is 43.4 Å². The van der Waals surface area contributed by atoms with E-state index >= 15 is 0 Å².